The zero-order chi connectivity index (χ0) is 13.8. The molecule has 2 aromatic carbocycles. The molecular formula is C14H11ClN2O2. The second-order valence-corrected chi connectivity index (χ2v) is 4.38. The van der Waals surface area contributed by atoms with Crippen LogP contribution in [0.5, 0.6) is 11.5 Å². The summed E-state index contributed by atoms with van der Waals surface area (Å²) < 4.78 is 0. The molecule has 4 nitrogen and oxygen atoms in total. The second-order valence-electron chi connectivity index (χ2n) is 3.97. The summed E-state index contributed by atoms with van der Waals surface area (Å²) >= 11 is 5.84. The quantitative estimate of drug-likeness (QED) is 0.803. The molecule has 0 heterocycles. The van der Waals surface area contributed by atoms with Gasteiger partial charge in [0.05, 0.1) is 10.6 Å². The number of hydrogen-bond acceptors (Lipinski definition) is 4. The molecule has 0 aliphatic rings. The highest BCUT2D eigenvalue weighted by molar-refractivity contribution is 6.31. The van der Waals surface area contributed by atoms with E-state index in [2.05, 4.69) is 5.32 Å². The second kappa shape index (κ2) is 5.51. The van der Waals surface area contributed by atoms with E-state index in [1.54, 1.807) is 24.3 Å². The first kappa shape index (κ1) is 13.1. The molecule has 0 atom stereocenters. The molecule has 2 rings (SSSR count). The molecule has 0 unspecified atom stereocenters. The van der Waals surface area contributed by atoms with E-state index < -0.39 is 0 Å². The monoisotopic (exact) mass is 274 g/mol. The van der Waals surface area contributed by atoms with Gasteiger partial charge >= 0.3 is 0 Å². The molecule has 0 bridgehead atoms. The highest BCUT2D eigenvalue weighted by Crippen LogP contribution is 2.24. The number of benzene rings is 2. The van der Waals surface area contributed by atoms with Gasteiger partial charge in [0.2, 0.25) is 0 Å². The van der Waals surface area contributed by atoms with Crippen molar-refractivity contribution in [3.05, 3.63) is 52.5 Å². The third kappa shape index (κ3) is 3.09. The molecule has 96 valence electrons. The minimum absolute atomic E-state index is 0.0134. The van der Waals surface area contributed by atoms with Crippen molar-refractivity contribution in [3.63, 3.8) is 0 Å². The van der Waals surface area contributed by atoms with Crippen LogP contribution in [-0.2, 0) is 6.54 Å². The lowest BCUT2D eigenvalue weighted by Gasteiger charge is -2.09. The highest BCUT2D eigenvalue weighted by Gasteiger charge is 2.04. The third-order valence-electron chi connectivity index (χ3n) is 2.64. The zero-order valence-electron chi connectivity index (χ0n) is 9.89. The van der Waals surface area contributed by atoms with Crippen molar-refractivity contribution in [2.24, 2.45) is 0 Å². The number of halogens is 1. The first-order valence-corrected chi connectivity index (χ1v) is 5.92. The van der Waals surface area contributed by atoms with E-state index in [9.17, 15) is 10.2 Å². The molecule has 0 saturated carbocycles. The molecule has 3 N–H and O–H groups in total. The van der Waals surface area contributed by atoms with Crippen LogP contribution in [0.1, 0.15) is 11.1 Å². The van der Waals surface area contributed by atoms with Crippen LogP contribution in [0.2, 0.25) is 5.02 Å². The fourth-order valence-corrected chi connectivity index (χ4v) is 1.78. The maximum Gasteiger partial charge on any atom is 0.124 e. The van der Waals surface area contributed by atoms with E-state index >= 15 is 0 Å². The third-order valence-corrected chi connectivity index (χ3v) is 2.97. The van der Waals surface area contributed by atoms with Crippen LogP contribution in [0.3, 0.4) is 0 Å². The fourth-order valence-electron chi connectivity index (χ4n) is 1.62. The molecule has 0 radical (unpaired) electrons. The average molecular weight is 275 g/mol. The van der Waals surface area contributed by atoms with E-state index in [0.29, 0.717) is 22.7 Å². The van der Waals surface area contributed by atoms with Crippen LogP contribution in [0, 0.1) is 11.3 Å². The molecule has 0 aliphatic heterocycles. The van der Waals surface area contributed by atoms with Crippen molar-refractivity contribution < 1.29 is 10.2 Å². The highest BCUT2D eigenvalue weighted by atomic mass is 35.5. The van der Waals surface area contributed by atoms with Gasteiger partial charge in [-0.1, -0.05) is 11.6 Å². The van der Waals surface area contributed by atoms with Crippen LogP contribution in [0.25, 0.3) is 0 Å². The Morgan fingerprint density at radius 3 is 2.63 bits per heavy atom. The van der Waals surface area contributed by atoms with Crippen LogP contribution < -0.4 is 5.32 Å². The molecular weight excluding hydrogens is 264 g/mol. The average Bonchev–Trinajstić information content (AvgIpc) is 2.39. The van der Waals surface area contributed by atoms with Gasteiger partial charge in [-0.15, -0.1) is 0 Å². The lowest BCUT2D eigenvalue weighted by atomic mass is 10.1. The number of phenols is 2. The Morgan fingerprint density at radius 2 is 1.95 bits per heavy atom. The van der Waals surface area contributed by atoms with Gasteiger partial charge in [-0.05, 0) is 30.3 Å². The summed E-state index contributed by atoms with van der Waals surface area (Å²) in [6.45, 7) is 0.374. The van der Waals surface area contributed by atoms with Crippen LogP contribution in [0.15, 0.2) is 36.4 Å². The Balaban J connectivity index is 2.13. The molecule has 19 heavy (non-hydrogen) atoms. The lowest BCUT2D eigenvalue weighted by Crippen LogP contribution is -2.00. The van der Waals surface area contributed by atoms with E-state index in [1.165, 1.54) is 12.1 Å². The molecule has 2 aromatic rings. The Labute approximate surface area is 115 Å². The Morgan fingerprint density at radius 1 is 1.16 bits per heavy atom. The van der Waals surface area contributed by atoms with Crippen molar-refractivity contribution in [2.75, 3.05) is 5.32 Å². The molecule has 5 heteroatoms. The minimum Gasteiger partial charge on any atom is -0.508 e. The number of nitriles is 1. The van der Waals surface area contributed by atoms with Crippen molar-refractivity contribution >= 4 is 17.3 Å². The van der Waals surface area contributed by atoms with Crippen LogP contribution >= 0.6 is 11.6 Å². The zero-order valence-corrected chi connectivity index (χ0v) is 10.6. The molecule has 0 saturated heterocycles. The Hall–Kier alpha value is -2.38. The molecule has 0 aromatic heterocycles. The van der Waals surface area contributed by atoms with Gasteiger partial charge in [0.15, 0.2) is 0 Å². The summed E-state index contributed by atoms with van der Waals surface area (Å²) in [6.07, 6.45) is 0. The number of phenolic OH excluding ortho intramolecular Hbond substituents is 2. The van der Waals surface area contributed by atoms with Crippen molar-refractivity contribution in [3.8, 4) is 17.6 Å². The first-order chi connectivity index (χ1) is 9.10. The molecule has 0 fully saturated rings. The topological polar surface area (TPSA) is 76.3 Å². The number of nitrogens with one attached hydrogen (secondary N) is 1. The maximum absolute atomic E-state index is 9.64. The van der Waals surface area contributed by atoms with E-state index in [1.807, 2.05) is 6.07 Å². The van der Waals surface area contributed by atoms with Gasteiger partial charge in [0, 0.05) is 23.9 Å². The summed E-state index contributed by atoms with van der Waals surface area (Å²) in [5, 5.41) is 31.2. The first-order valence-electron chi connectivity index (χ1n) is 5.54. The van der Waals surface area contributed by atoms with E-state index in [0.717, 1.165) is 5.69 Å². The number of nitrogens with zero attached hydrogens (tertiary/aromatic N) is 1. The van der Waals surface area contributed by atoms with Crippen molar-refractivity contribution in [2.45, 2.75) is 6.54 Å². The van der Waals surface area contributed by atoms with Crippen LogP contribution in [-0.4, -0.2) is 10.2 Å². The van der Waals surface area contributed by atoms with Gasteiger partial charge in [-0.2, -0.15) is 5.26 Å². The number of hydrogen-bond donors (Lipinski definition) is 3. The SMILES string of the molecule is N#Cc1cc(NCc2ccc(O)cc2O)ccc1Cl. The molecule has 0 spiro atoms. The Bertz CT molecular complexity index is 650. The normalized spacial score (nSPS) is 9.89. The fraction of sp³-hybridized carbons (Fsp3) is 0.0714. The van der Waals surface area contributed by atoms with Gasteiger partial charge in [-0.25, -0.2) is 0 Å². The van der Waals surface area contributed by atoms with Crippen molar-refractivity contribution in [1.82, 2.24) is 0 Å². The maximum atomic E-state index is 9.64. The summed E-state index contributed by atoms with van der Waals surface area (Å²) in [4.78, 5) is 0. The number of aromatic hydroxyl groups is 2. The summed E-state index contributed by atoms with van der Waals surface area (Å²) in [5.74, 6) is 0.0291. The number of anilines is 1. The van der Waals surface area contributed by atoms with Gasteiger partial charge in [-0.3, -0.25) is 0 Å². The smallest absolute Gasteiger partial charge is 0.124 e. The van der Waals surface area contributed by atoms with Crippen LogP contribution in [0.4, 0.5) is 5.69 Å². The van der Waals surface area contributed by atoms with Gasteiger partial charge in [0.25, 0.3) is 0 Å². The predicted octanol–water partition coefficient (Wildman–Crippen LogP) is 3.23. The Kier molecular flexibility index (Phi) is 3.79. The number of rotatable bonds is 3. The minimum atomic E-state index is 0.0134. The van der Waals surface area contributed by atoms with Gasteiger partial charge in [0.1, 0.15) is 17.6 Å². The van der Waals surface area contributed by atoms with E-state index in [4.69, 9.17) is 16.9 Å². The molecule has 0 aliphatic carbocycles. The summed E-state index contributed by atoms with van der Waals surface area (Å²) in [6, 6.07) is 11.4. The van der Waals surface area contributed by atoms with E-state index in [-0.39, 0.29) is 11.5 Å². The van der Waals surface area contributed by atoms with Crippen molar-refractivity contribution in [1.29, 1.82) is 5.26 Å². The molecule has 0 amide bonds. The predicted molar refractivity (Wildman–Crippen MR) is 73.3 cm³/mol. The standard InChI is InChI=1S/C14H11ClN2O2/c15-13-4-2-11(5-10(13)7-16)17-8-9-1-3-12(18)6-14(9)19/h1-6,17-19H,8H2. The largest absolute Gasteiger partial charge is 0.508 e. The summed E-state index contributed by atoms with van der Waals surface area (Å²) in [7, 11) is 0. The van der Waals surface area contributed by atoms with Gasteiger partial charge < -0.3 is 15.5 Å². The summed E-state index contributed by atoms with van der Waals surface area (Å²) in [5.41, 5.74) is 1.77. The lowest BCUT2D eigenvalue weighted by molar-refractivity contribution is 0.446.